The Morgan fingerprint density at radius 1 is 0.432 bits per heavy atom. The fourth-order valence-corrected chi connectivity index (χ4v) is 7.33. The van der Waals surface area contributed by atoms with Crippen LogP contribution >= 0.6 is 0 Å². The molecular weight excluding hydrogens is 444 g/mol. The highest BCUT2D eigenvalue weighted by molar-refractivity contribution is 4.89. The van der Waals surface area contributed by atoms with Crippen LogP contribution in [0.1, 0.15) is 204 Å². The van der Waals surface area contributed by atoms with Gasteiger partial charge in [0.05, 0.1) is 0 Å². The van der Waals surface area contributed by atoms with Gasteiger partial charge < -0.3 is 0 Å². The first-order chi connectivity index (χ1) is 17.8. The van der Waals surface area contributed by atoms with Crippen LogP contribution in [0.5, 0.6) is 0 Å². The summed E-state index contributed by atoms with van der Waals surface area (Å²) in [5, 5.41) is 0. The molecule has 0 fully saturated rings. The van der Waals surface area contributed by atoms with Crippen LogP contribution in [0.2, 0.25) is 0 Å². The van der Waals surface area contributed by atoms with Gasteiger partial charge in [-0.05, 0) is 47.8 Å². The van der Waals surface area contributed by atoms with E-state index in [-0.39, 0.29) is 0 Å². The summed E-state index contributed by atoms with van der Waals surface area (Å²) in [5.41, 5.74) is 0.442. The van der Waals surface area contributed by atoms with Crippen LogP contribution in [0.15, 0.2) is 0 Å². The predicted octanol–water partition coefficient (Wildman–Crippen LogP) is 13.8. The summed E-state index contributed by atoms with van der Waals surface area (Å²) < 4.78 is 0. The third-order valence-electron chi connectivity index (χ3n) is 10.4. The van der Waals surface area contributed by atoms with Crippen LogP contribution < -0.4 is 0 Å². The third-order valence-corrected chi connectivity index (χ3v) is 10.4. The normalized spacial score (nSPS) is 16.5. The second-order valence-corrected chi connectivity index (χ2v) is 14.0. The van der Waals surface area contributed by atoms with Gasteiger partial charge in [-0.25, -0.2) is 0 Å². The molecule has 0 aliphatic carbocycles. The van der Waals surface area contributed by atoms with E-state index < -0.39 is 0 Å². The Hall–Kier alpha value is 0. The Balaban J connectivity index is 5.01. The van der Waals surface area contributed by atoms with Gasteiger partial charge in [0.1, 0.15) is 0 Å². The van der Waals surface area contributed by atoms with Crippen molar-refractivity contribution in [3.63, 3.8) is 0 Å². The molecule has 5 unspecified atom stereocenters. The number of hydrogen-bond acceptors (Lipinski definition) is 0. The van der Waals surface area contributed by atoms with Crippen molar-refractivity contribution >= 4 is 0 Å². The van der Waals surface area contributed by atoms with Crippen molar-refractivity contribution in [3.8, 4) is 0 Å². The molecule has 0 rings (SSSR count). The Morgan fingerprint density at radius 2 is 0.892 bits per heavy atom. The molecule has 0 bridgehead atoms. The second kappa shape index (κ2) is 23.9. The fraction of sp³-hybridized carbons (Fsp3) is 1.00. The summed E-state index contributed by atoms with van der Waals surface area (Å²) in [6.07, 6.45) is 31.5. The summed E-state index contributed by atoms with van der Waals surface area (Å²) >= 11 is 0. The Kier molecular flexibility index (Phi) is 23.9. The molecule has 0 aliphatic rings. The molecule has 0 amide bonds. The van der Waals surface area contributed by atoms with Gasteiger partial charge in [-0.1, -0.05) is 191 Å². The van der Waals surface area contributed by atoms with E-state index in [0.717, 1.165) is 29.6 Å². The lowest BCUT2D eigenvalue weighted by Crippen LogP contribution is -2.38. The molecule has 0 nitrogen and oxygen atoms in total. The summed E-state index contributed by atoms with van der Waals surface area (Å²) in [7, 11) is 0. The maximum Gasteiger partial charge on any atom is -0.0295 e. The fourth-order valence-electron chi connectivity index (χ4n) is 7.33. The van der Waals surface area contributed by atoms with E-state index in [1.807, 2.05) is 0 Å². The first kappa shape index (κ1) is 37.0. The maximum absolute atomic E-state index is 2.68. The highest BCUT2D eigenvalue weighted by Crippen LogP contribution is 2.48. The quantitative estimate of drug-likeness (QED) is 0.0944. The minimum atomic E-state index is 0.442. The minimum Gasteiger partial charge on any atom is -0.0654 e. The van der Waals surface area contributed by atoms with Crippen LogP contribution in [0.25, 0.3) is 0 Å². The molecule has 224 valence electrons. The van der Waals surface area contributed by atoms with Gasteiger partial charge in [0.25, 0.3) is 0 Å². The summed E-state index contributed by atoms with van der Waals surface area (Å²) in [4.78, 5) is 0. The summed E-state index contributed by atoms with van der Waals surface area (Å²) in [5.74, 6) is 4.39. The molecule has 0 aromatic rings. The van der Waals surface area contributed by atoms with Gasteiger partial charge >= 0.3 is 0 Å². The average molecular weight is 521 g/mol. The van der Waals surface area contributed by atoms with E-state index in [1.54, 1.807) is 0 Å². The van der Waals surface area contributed by atoms with E-state index >= 15 is 0 Å². The third kappa shape index (κ3) is 17.3. The zero-order valence-corrected chi connectivity index (χ0v) is 27.9. The molecule has 0 radical (unpaired) electrons. The molecule has 37 heavy (non-hydrogen) atoms. The van der Waals surface area contributed by atoms with Gasteiger partial charge in [0.15, 0.2) is 0 Å². The smallest absolute Gasteiger partial charge is 0.0295 e. The van der Waals surface area contributed by atoms with E-state index in [2.05, 4.69) is 62.3 Å². The number of rotatable bonds is 27. The average Bonchev–Trinajstić information content (AvgIpc) is 2.87. The molecule has 0 heterocycles. The molecule has 5 atom stereocenters. The standard InChI is InChI=1S/C37H76/c1-10-14-17-19-21-24-27-32(5)30-31-35(26-13-4)34(7)37(8,9)36(29-23-16-12-3)33(6)28-25-22-20-18-15-11-2/h32-36H,10-31H2,1-9H3. The van der Waals surface area contributed by atoms with Crippen molar-refractivity contribution in [1.29, 1.82) is 0 Å². The van der Waals surface area contributed by atoms with Crippen LogP contribution in [0.4, 0.5) is 0 Å². The molecule has 0 aromatic heterocycles. The predicted molar refractivity (Wildman–Crippen MR) is 173 cm³/mol. The van der Waals surface area contributed by atoms with Gasteiger partial charge in [0, 0.05) is 0 Å². The van der Waals surface area contributed by atoms with Crippen LogP contribution in [-0.2, 0) is 0 Å². The van der Waals surface area contributed by atoms with Crippen molar-refractivity contribution < 1.29 is 0 Å². The minimum absolute atomic E-state index is 0.442. The zero-order valence-electron chi connectivity index (χ0n) is 27.9. The first-order valence-corrected chi connectivity index (χ1v) is 17.8. The van der Waals surface area contributed by atoms with E-state index in [9.17, 15) is 0 Å². The van der Waals surface area contributed by atoms with Gasteiger partial charge in [-0.15, -0.1) is 0 Å². The lowest BCUT2D eigenvalue weighted by Gasteiger charge is -2.46. The lowest BCUT2D eigenvalue weighted by molar-refractivity contribution is 0.0293. The molecule has 0 spiro atoms. The second-order valence-electron chi connectivity index (χ2n) is 14.0. The van der Waals surface area contributed by atoms with E-state index in [4.69, 9.17) is 0 Å². The molecule has 0 aliphatic heterocycles. The molecule has 0 aromatic carbocycles. The summed E-state index contributed by atoms with van der Waals surface area (Å²) in [6.45, 7) is 22.6. The van der Waals surface area contributed by atoms with Crippen molar-refractivity contribution in [2.45, 2.75) is 204 Å². The molecular formula is C37H76. The van der Waals surface area contributed by atoms with Gasteiger partial charge in [-0.2, -0.15) is 0 Å². The van der Waals surface area contributed by atoms with Crippen LogP contribution in [0, 0.1) is 35.0 Å². The number of hydrogen-bond donors (Lipinski definition) is 0. The van der Waals surface area contributed by atoms with Gasteiger partial charge in [0.2, 0.25) is 0 Å². The Morgan fingerprint density at radius 3 is 1.43 bits per heavy atom. The first-order valence-electron chi connectivity index (χ1n) is 17.8. The van der Waals surface area contributed by atoms with Gasteiger partial charge in [-0.3, -0.25) is 0 Å². The highest BCUT2D eigenvalue weighted by atomic mass is 14.4. The molecule has 0 saturated heterocycles. The van der Waals surface area contributed by atoms with Crippen molar-refractivity contribution in [3.05, 3.63) is 0 Å². The monoisotopic (exact) mass is 521 g/mol. The maximum atomic E-state index is 2.68. The van der Waals surface area contributed by atoms with Crippen molar-refractivity contribution in [1.82, 2.24) is 0 Å². The largest absolute Gasteiger partial charge is 0.0654 e. The van der Waals surface area contributed by atoms with E-state index in [0.29, 0.717) is 5.41 Å². The lowest BCUT2D eigenvalue weighted by atomic mass is 9.59. The van der Waals surface area contributed by atoms with Crippen molar-refractivity contribution in [2.24, 2.45) is 35.0 Å². The Labute approximate surface area is 238 Å². The van der Waals surface area contributed by atoms with Crippen molar-refractivity contribution in [2.75, 3.05) is 0 Å². The zero-order chi connectivity index (χ0) is 27.9. The molecule has 0 N–H and O–H groups in total. The Bertz CT molecular complexity index is 463. The van der Waals surface area contributed by atoms with Crippen LogP contribution in [0.3, 0.4) is 0 Å². The SMILES string of the molecule is CCCCCCCCC(C)CCC(CCC)C(C)C(C)(C)C(CCCCC)C(C)CCCCCCCC. The topological polar surface area (TPSA) is 0 Å². The highest BCUT2D eigenvalue weighted by Gasteiger charge is 2.40. The molecule has 0 saturated carbocycles. The van der Waals surface area contributed by atoms with Crippen LogP contribution in [-0.4, -0.2) is 0 Å². The molecule has 0 heteroatoms. The van der Waals surface area contributed by atoms with E-state index in [1.165, 1.54) is 141 Å². The summed E-state index contributed by atoms with van der Waals surface area (Å²) in [6, 6.07) is 0. The number of unbranched alkanes of at least 4 members (excludes halogenated alkanes) is 12.